The van der Waals surface area contributed by atoms with Gasteiger partial charge in [0, 0.05) is 18.2 Å². The zero-order chi connectivity index (χ0) is 24.0. The van der Waals surface area contributed by atoms with Gasteiger partial charge in [-0.1, -0.05) is 30.4 Å². The smallest absolute Gasteiger partial charge is 0.324 e. The summed E-state index contributed by atoms with van der Waals surface area (Å²) in [5.41, 5.74) is 1.33. The summed E-state index contributed by atoms with van der Waals surface area (Å²) in [7, 11) is -1.65. The molecule has 0 bridgehead atoms. The van der Waals surface area contributed by atoms with Crippen LogP contribution in [-0.4, -0.2) is 40.3 Å². The van der Waals surface area contributed by atoms with Gasteiger partial charge in [-0.25, -0.2) is 8.42 Å². The van der Waals surface area contributed by atoms with Gasteiger partial charge in [0.2, 0.25) is 0 Å². The topological polar surface area (TPSA) is 120 Å². The Morgan fingerprint density at radius 1 is 1.06 bits per heavy atom. The molecule has 172 valence electrons. The van der Waals surface area contributed by atoms with Gasteiger partial charge >= 0.3 is 5.97 Å². The van der Waals surface area contributed by atoms with Crippen molar-refractivity contribution in [2.45, 2.75) is 4.90 Å². The van der Waals surface area contributed by atoms with E-state index in [1.807, 2.05) is 0 Å². The Labute approximate surface area is 191 Å². The highest BCUT2D eigenvalue weighted by Gasteiger charge is 2.31. The fourth-order valence-electron chi connectivity index (χ4n) is 3.10. The van der Waals surface area contributed by atoms with Crippen LogP contribution >= 0.6 is 0 Å². The van der Waals surface area contributed by atoms with Crippen LogP contribution in [0.3, 0.4) is 0 Å². The average molecular weight is 471 g/mol. The molecule has 3 aromatic rings. The molecule has 0 fully saturated rings. The number of rotatable bonds is 9. The summed E-state index contributed by atoms with van der Waals surface area (Å²) in [5.74, 6) is -1.01. The van der Waals surface area contributed by atoms with E-state index < -0.39 is 22.5 Å². The van der Waals surface area contributed by atoms with Gasteiger partial charge in [0.15, 0.2) is 12.4 Å². The number of nitrogens with zero attached hydrogens (tertiary/aromatic N) is 2. The van der Waals surface area contributed by atoms with Gasteiger partial charge in [-0.3, -0.25) is 9.10 Å². The second kappa shape index (κ2) is 10.0. The molecule has 0 saturated carbocycles. The van der Waals surface area contributed by atoms with Crippen LogP contribution in [-0.2, 0) is 14.8 Å². The molecule has 0 radical (unpaired) electrons. The molecule has 0 spiro atoms. The van der Waals surface area contributed by atoms with Gasteiger partial charge in [-0.05, 0) is 29.3 Å². The summed E-state index contributed by atoms with van der Waals surface area (Å²) in [6, 6.07) is 14.0. The third-order valence-corrected chi connectivity index (χ3v) is 6.49. The Kier molecular flexibility index (Phi) is 7.19. The molecule has 0 aliphatic carbocycles. The summed E-state index contributed by atoms with van der Waals surface area (Å²) in [6.07, 6.45) is 6.01. The van der Waals surface area contributed by atoms with E-state index in [1.54, 1.807) is 48.6 Å². The zero-order valence-electron chi connectivity index (χ0n) is 17.9. The average Bonchev–Trinajstić information content (AvgIpc) is 2.81. The number of aliphatic carboxylic acids is 1. The Morgan fingerprint density at radius 2 is 1.76 bits per heavy atom. The second-order valence-corrected chi connectivity index (χ2v) is 8.64. The van der Waals surface area contributed by atoms with E-state index in [-0.39, 0.29) is 22.1 Å². The Bertz CT molecular complexity index is 1270. The monoisotopic (exact) mass is 470 g/mol. The molecule has 0 aliphatic heterocycles. The largest absolute Gasteiger partial charge is 0.619 e. The minimum Gasteiger partial charge on any atom is -0.619 e. The first-order valence-corrected chi connectivity index (χ1v) is 11.1. The van der Waals surface area contributed by atoms with Gasteiger partial charge in [0.1, 0.15) is 22.9 Å². The van der Waals surface area contributed by atoms with Crippen LogP contribution < -0.4 is 18.5 Å². The highest BCUT2D eigenvalue weighted by Crippen LogP contribution is 2.34. The van der Waals surface area contributed by atoms with E-state index >= 15 is 0 Å². The van der Waals surface area contributed by atoms with E-state index in [2.05, 4.69) is 0 Å². The van der Waals surface area contributed by atoms with Crippen LogP contribution in [0.4, 0.5) is 5.69 Å². The number of hydrogen-bond acceptors (Lipinski definition) is 6. The molecule has 0 atom stereocenters. The Hall–Kier alpha value is -4.05. The lowest BCUT2D eigenvalue weighted by atomic mass is 10.1. The van der Waals surface area contributed by atoms with Crippen molar-refractivity contribution in [1.82, 2.24) is 0 Å². The van der Waals surface area contributed by atoms with E-state index in [9.17, 15) is 23.5 Å². The Balaban J connectivity index is 2.13. The van der Waals surface area contributed by atoms with Gasteiger partial charge in [-0.2, -0.15) is 4.73 Å². The third-order valence-electron chi connectivity index (χ3n) is 4.71. The molecule has 0 amide bonds. The number of aromatic nitrogens is 1. The first-order chi connectivity index (χ1) is 15.8. The summed E-state index contributed by atoms with van der Waals surface area (Å²) in [5, 5.41) is 20.7. The fraction of sp³-hybridized carbons (Fsp3) is 0.130. The number of para-hydroxylation sites is 1. The van der Waals surface area contributed by atoms with E-state index in [0.29, 0.717) is 15.9 Å². The molecule has 0 saturated heterocycles. The van der Waals surface area contributed by atoms with Crippen molar-refractivity contribution in [3.05, 3.63) is 83.3 Å². The first-order valence-electron chi connectivity index (χ1n) is 9.68. The number of carboxylic acids is 1. The predicted molar refractivity (Wildman–Crippen MR) is 122 cm³/mol. The van der Waals surface area contributed by atoms with E-state index in [0.717, 1.165) is 4.31 Å². The molecule has 2 aromatic carbocycles. The zero-order valence-corrected chi connectivity index (χ0v) is 18.7. The highest BCUT2D eigenvalue weighted by atomic mass is 32.2. The van der Waals surface area contributed by atoms with Crippen LogP contribution in [0.1, 0.15) is 11.1 Å². The third kappa shape index (κ3) is 5.42. The number of hydrogen-bond donors (Lipinski definition) is 1. The van der Waals surface area contributed by atoms with Gasteiger partial charge in [0.25, 0.3) is 10.0 Å². The van der Waals surface area contributed by atoms with Crippen LogP contribution in [0.15, 0.2) is 71.9 Å². The van der Waals surface area contributed by atoms with Gasteiger partial charge in [0.05, 0.1) is 19.9 Å². The van der Waals surface area contributed by atoms with Gasteiger partial charge in [-0.15, -0.1) is 0 Å². The van der Waals surface area contributed by atoms with Crippen molar-refractivity contribution >= 4 is 33.8 Å². The molecule has 10 heteroatoms. The van der Waals surface area contributed by atoms with Crippen molar-refractivity contribution in [1.29, 1.82) is 0 Å². The summed E-state index contributed by atoms with van der Waals surface area (Å²) in [4.78, 5) is 11.4. The summed E-state index contributed by atoms with van der Waals surface area (Å²) < 4.78 is 39.1. The highest BCUT2D eigenvalue weighted by molar-refractivity contribution is 7.93. The maximum absolute atomic E-state index is 13.6. The lowest BCUT2D eigenvalue weighted by Crippen LogP contribution is -2.36. The molecule has 3 rings (SSSR count). The molecular formula is C23H22N2O7S. The minimum atomic E-state index is -4.37. The number of sulfonamides is 1. The molecule has 9 nitrogen and oxygen atoms in total. The van der Waals surface area contributed by atoms with E-state index in [4.69, 9.17) is 9.47 Å². The second-order valence-electron chi connectivity index (χ2n) is 6.81. The van der Waals surface area contributed by atoms with Crippen molar-refractivity contribution < 1.29 is 32.5 Å². The number of benzene rings is 2. The molecular weight excluding hydrogens is 448 g/mol. The quantitative estimate of drug-likeness (QED) is 0.377. The minimum absolute atomic E-state index is 0.0504. The molecule has 1 N–H and O–H groups in total. The van der Waals surface area contributed by atoms with Gasteiger partial charge < -0.3 is 19.8 Å². The molecule has 1 aromatic heterocycles. The van der Waals surface area contributed by atoms with Crippen molar-refractivity contribution in [3.63, 3.8) is 0 Å². The molecule has 0 aliphatic rings. The van der Waals surface area contributed by atoms with E-state index in [1.165, 1.54) is 44.8 Å². The number of pyridine rings is 1. The fourth-order valence-corrected chi connectivity index (χ4v) is 4.72. The van der Waals surface area contributed by atoms with Crippen LogP contribution in [0, 0.1) is 5.21 Å². The maximum atomic E-state index is 13.6. The summed E-state index contributed by atoms with van der Waals surface area (Å²) in [6.45, 7) is -0.810. The number of ether oxygens (including phenoxy) is 2. The first kappa shape index (κ1) is 23.6. The van der Waals surface area contributed by atoms with Crippen LogP contribution in [0.5, 0.6) is 11.5 Å². The Morgan fingerprint density at radius 3 is 2.39 bits per heavy atom. The number of carboxylic acid groups (broad SMARTS) is 1. The molecule has 33 heavy (non-hydrogen) atoms. The van der Waals surface area contributed by atoms with Crippen LogP contribution in [0.2, 0.25) is 0 Å². The summed E-state index contributed by atoms with van der Waals surface area (Å²) >= 11 is 0. The SMILES string of the molecule is COc1ccc(OC)c(S(=O)(=O)N(CC(=O)O)c2ccccc2/C=C/c2cc[n+]([O-])cc2)c1. The number of methoxy groups -OCH3 is 2. The predicted octanol–water partition coefficient (Wildman–Crippen LogP) is 2.79. The maximum Gasteiger partial charge on any atom is 0.324 e. The molecule has 1 heterocycles. The lowest BCUT2D eigenvalue weighted by Gasteiger charge is -2.25. The lowest BCUT2D eigenvalue weighted by molar-refractivity contribution is -0.605. The standard InChI is InChI=1S/C23H22N2O7S/c1-31-19-9-10-21(32-2)22(15-19)33(29,30)25(16-23(26)27)20-6-4-3-5-18(20)8-7-17-11-13-24(28)14-12-17/h3-15H,16H2,1-2H3,(H,26,27)/b8-7+. The number of carbonyl (C=O) groups is 1. The van der Waals surface area contributed by atoms with Crippen molar-refractivity contribution in [2.24, 2.45) is 0 Å². The van der Waals surface area contributed by atoms with Crippen LogP contribution in [0.25, 0.3) is 12.2 Å². The normalized spacial score (nSPS) is 11.3. The van der Waals surface area contributed by atoms with Crippen molar-refractivity contribution in [2.75, 3.05) is 25.1 Å². The number of anilines is 1. The van der Waals surface area contributed by atoms with Crippen molar-refractivity contribution in [3.8, 4) is 11.5 Å². The molecule has 0 unspecified atom stereocenters.